The lowest BCUT2D eigenvalue weighted by Gasteiger charge is -2.08. The molecule has 0 radical (unpaired) electrons. The summed E-state index contributed by atoms with van der Waals surface area (Å²) in [4.78, 5) is 27.0. The number of aromatic nitrogens is 1. The summed E-state index contributed by atoms with van der Waals surface area (Å²) in [5, 5.41) is 20.9. The minimum Gasteiger partial charge on any atom is -0.507 e. The molecule has 2 aromatic carbocycles. The Bertz CT molecular complexity index is 979. The normalized spacial score (nSPS) is 11.1. The van der Waals surface area contributed by atoms with E-state index in [2.05, 4.69) is 20.5 Å². The molecule has 0 atom stereocenters. The molecule has 3 aromatic rings. The van der Waals surface area contributed by atoms with E-state index in [0.29, 0.717) is 5.13 Å². The number of azo groups is 1. The summed E-state index contributed by atoms with van der Waals surface area (Å²) in [5.41, 5.74) is 6.29. The van der Waals surface area contributed by atoms with E-state index in [1.165, 1.54) is 30.4 Å². The summed E-state index contributed by atoms with van der Waals surface area (Å²) < 4.78 is 0.960. The molecule has 2 amide bonds. The number of primary amides is 1. The summed E-state index contributed by atoms with van der Waals surface area (Å²) in [6, 6.07) is 10.0. The van der Waals surface area contributed by atoms with E-state index >= 15 is 0 Å². The van der Waals surface area contributed by atoms with Crippen LogP contribution < -0.4 is 11.1 Å². The molecule has 1 heterocycles. The van der Waals surface area contributed by atoms with Crippen LogP contribution >= 0.6 is 11.3 Å². The Morgan fingerprint density at radius 1 is 1.24 bits per heavy atom. The Kier molecular flexibility index (Phi) is 4.40. The Labute approximate surface area is 146 Å². The lowest BCUT2D eigenvalue weighted by molar-refractivity contribution is -0.114. The predicted molar refractivity (Wildman–Crippen MR) is 94.7 cm³/mol. The van der Waals surface area contributed by atoms with Gasteiger partial charge in [0, 0.05) is 13.0 Å². The van der Waals surface area contributed by atoms with Crippen LogP contribution in [0.3, 0.4) is 0 Å². The molecular weight excluding hydrogens is 342 g/mol. The molecule has 126 valence electrons. The van der Waals surface area contributed by atoms with Gasteiger partial charge in [0.05, 0.1) is 21.5 Å². The highest BCUT2D eigenvalue weighted by molar-refractivity contribution is 7.21. The number of anilines is 1. The first-order chi connectivity index (χ1) is 11.9. The zero-order chi connectivity index (χ0) is 18.0. The molecule has 0 aliphatic rings. The van der Waals surface area contributed by atoms with Crippen LogP contribution in [0.25, 0.3) is 10.2 Å². The highest BCUT2D eigenvalue weighted by Gasteiger charge is 2.14. The van der Waals surface area contributed by atoms with Gasteiger partial charge in [0.1, 0.15) is 11.4 Å². The van der Waals surface area contributed by atoms with Crippen molar-refractivity contribution >= 4 is 49.9 Å². The number of rotatable bonds is 4. The monoisotopic (exact) mass is 355 g/mol. The molecule has 25 heavy (non-hydrogen) atoms. The third kappa shape index (κ3) is 3.61. The molecule has 0 aliphatic heterocycles. The molecule has 1 aromatic heterocycles. The van der Waals surface area contributed by atoms with Gasteiger partial charge in [-0.15, -0.1) is 10.2 Å². The van der Waals surface area contributed by atoms with Crippen molar-refractivity contribution in [3.63, 3.8) is 0 Å². The fourth-order valence-electron chi connectivity index (χ4n) is 2.15. The van der Waals surface area contributed by atoms with Crippen molar-refractivity contribution in [2.75, 3.05) is 5.32 Å². The molecule has 0 aliphatic carbocycles. The molecule has 3 rings (SSSR count). The highest BCUT2D eigenvalue weighted by atomic mass is 32.1. The number of thiazole rings is 1. The number of nitrogens with one attached hydrogen (secondary N) is 1. The van der Waals surface area contributed by atoms with Crippen LogP contribution in [0.4, 0.5) is 16.5 Å². The molecule has 0 saturated carbocycles. The van der Waals surface area contributed by atoms with Gasteiger partial charge in [0.2, 0.25) is 11.0 Å². The van der Waals surface area contributed by atoms with Gasteiger partial charge in [0.25, 0.3) is 5.91 Å². The number of hydrogen-bond donors (Lipinski definition) is 3. The van der Waals surface area contributed by atoms with Crippen molar-refractivity contribution in [1.29, 1.82) is 0 Å². The van der Waals surface area contributed by atoms with E-state index in [0.717, 1.165) is 10.2 Å². The van der Waals surface area contributed by atoms with Crippen molar-refractivity contribution < 1.29 is 14.7 Å². The lowest BCUT2D eigenvalue weighted by Crippen LogP contribution is -2.12. The number of amides is 2. The SMILES string of the molecule is CC(=O)Nc1cc(O)c(C(N)=O)cc1N=Nc1nc2ccccc2s1. The van der Waals surface area contributed by atoms with E-state index in [-0.39, 0.29) is 28.6 Å². The second-order valence-electron chi connectivity index (χ2n) is 5.10. The first-order valence-electron chi connectivity index (χ1n) is 7.16. The maximum atomic E-state index is 11.4. The minimum absolute atomic E-state index is 0.118. The number of aromatic hydroxyl groups is 1. The fourth-order valence-corrected chi connectivity index (χ4v) is 2.93. The van der Waals surface area contributed by atoms with Crippen molar-refractivity contribution in [1.82, 2.24) is 4.98 Å². The van der Waals surface area contributed by atoms with Crippen LogP contribution in [0.1, 0.15) is 17.3 Å². The fraction of sp³-hybridized carbons (Fsp3) is 0.0625. The number of phenols is 1. The van der Waals surface area contributed by atoms with Crippen molar-refractivity contribution in [3.05, 3.63) is 42.0 Å². The lowest BCUT2D eigenvalue weighted by atomic mass is 10.1. The summed E-state index contributed by atoms with van der Waals surface area (Å²) in [6.07, 6.45) is 0. The molecule has 8 nitrogen and oxygen atoms in total. The van der Waals surface area contributed by atoms with Crippen molar-refractivity contribution in [3.8, 4) is 5.75 Å². The van der Waals surface area contributed by atoms with Gasteiger partial charge in [0.15, 0.2) is 0 Å². The number of benzene rings is 2. The number of carbonyl (C=O) groups is 2. The maximum absolute atomic E-state index is 11.4. The van der Waals surface area contributed by atoms with E-state index in [9.17, 15) is 14.7 Å². The molecular formula is C16H13N5O3S. The van der Waals surface area contributed by atoms with E-state index in [4.69, 9.17) is 5.73 Å². The van der Waals surface area contributed by atoms with Crippen molar-refractivity contribution in [2.24, 2.45) is 16.0 Å². The van der Waals surface area contributed by atoms with Crippen molar-refractivity contribution in [2.45, 2.75) is 6.92 Å². The standard InChI is InChI=1S/C16H13N5O3S/c1-8(22)18-11-7-13(23)9(15(17)24)6-12(11)20-21-16-19-10-4-2-3-5-14(10)25-16/h2-7,23H,1H3,(H2,17,24)(H,18,22). The first-order valence-corrected chi connectivity index (χ1v) is 7.97. The molecule has 0 unspecified atom stereocenters. The number of nitrogens with two attached hydrogens (primary N) is 1. The summed E-state index contributed by atoms with van der Waals surface area (Å²) in [5.74, 6) is -1.53. The van der Waals surface area contributed by atoms with Gasteiger partial charge in [-0.25, -0.2) is 4.98 Å². The molecule has 0 saturated heterocycles. The first kappa shape index (κ1) is 16.5. The average molecular weight is 355 g/mol. The van der Waals surface area contributed by atoms with Crippen LogP contribution in [0, 0.1) is 0 Å². The molecule has 4 N–H and O–H groups in total. The Balaban J connectivity index is 2.02. The van der Waals surface area contributed by atoms with Gasteiger partial charge in [-0.1, -0.05) is 23.5 Å². The van der Waals surface area contributed by atoms with Gasteiger partial charge in [-0.05, 0) is 18.2 Å². The summed E-state index contributed by atoms with van der Waals surface area (Å²) in [7, 11) is 0. The van der Waals surface area contributed by atoms with Gasteiger partial charge >= 0.3 is 0 Å². The number of hydrogen-bond acceptors (Lipinski definition) is 7. The predicted octanol–water partition coefficient (Wildman–Crippen LogP) is 3.47. The van der Waals surface area contributed by atoms with Gasteiger partial charge in [-0.3, -0.25) is 9.59 Å². The number of carbonyl (C=O) groups excluding carboxylic acids is 2. The zero-order valence-corrected chi connectivity index (χ0v) is 13.9. The van der Waals surface area contributed by atoms with Gasteiger partial charge in [-0.2, -0.15) is 0 Å². The molecule has 0 fully saturated rings. The number of nitrogens with zero attached hydrogens (tertiary/aromatic N) is 3. The van der Waals surface area contributed by atoms with Crippen LogP contribution in [0.5, 0.6) is 5.75 Å². The summed E-state index contributed by atoms with van der Waals surface area (Å²) >= 11 is 1.35. The van der Waals surface area contributed by atoms with Crippen LogP contribution in [0.2, 0.25) is 0 Å². The number of fused-ring (bicyclic) bond motifs is 1. The second-order valence-corrected chi connectivity index (χ2v) is 6.11. The highest BCUT2D eigenvalue weighted by Crippen LogP contribution is 2.35. The second kappa shape index (κ2) is 6.65. The minimum atomic E-state index is -0.816. The third-order valence-electron chi connectivity index (χ3n) is 3.22. The van der Waals surface area contributed by atoms with Crippen LogP contribution in [-0.4, -0.2) is 21.9 Å². The smallest absolute Gasteiger partial charge is 0.252 e. The zero-order valence-electron chi connectivity index (χ0n) is 13.1. The molecule has 0 spiro atoms. The summed E-state index contributed by atoms with van der Waals surface area (Å²) in [6.45, 7) is 1.31. The molecule has 9 heteroatoms. The Morgan fingerprint density at radius 2 is 2.00 bits per heavy atom. The number of para-hydroxylation sites is 1. The Morgan fingerprint density at radius 3 is 2.68 bits per heavy atom. The largest absolute Gasteiger partial charge is 0.507 e. The third-order valence-corrected chi connectivity index (χ3v) is 4.14. The van der Waals surface area contributed by atoms with Crippen LogP contribution in [0.15, 0.2) is 46.6 Å². The maximum Gasteiger partial charge on any atom is 0.252 e. The van der Waals surface area contributed by atoms with Crippen LogP contribution in [-0.2, 0) is 4.79 Å². The van der Waals surface area contributed by atoms with Gasteiger partial charge < -0.3 is 16.2 Å². The van der Waals surface area contributed by atoms with E-state index < -0.39 is 5.91 Å². The quantitative estimate of drug-likeness (QED) is 0.618. The molecule has 0 bridgehead atoms. The topological polar surface area (TPSA) is 130 Å². The van der Waals surface area contributed by atoms with E-state index in [1.807, 2.05) is 24.3 Å². The van der Waals surface area contributed by atoms with E-state index in [1.54, 1.807) is 0 Å². The average Bonchev–Trinajstić information content (AvgIpc) is 2.96. The Hall–Kier alpha value is -3.33.